The summed E-state index contributed by atoms with van der Waals surface area (Å²) in [6.07, 6.45) is 2.04. The van der Waals surface area contributed by atoms with Gasteiger partial charge in [0.25, 0.3) is 0 Å². The highest BCUT2D eigenvalue weighted by molar-refractivity contribution is 7.97. The molecule has 2 heterocycles. The van der Waals surface area contributed by atoms with E-state index in [1.54, 1.807) is 36.9 Å². The number of thioether (sulfide) groups is 1. The number of carbonyl (C=O) groups excluding carboxylic acids is 1. The summed E-state index contributed by atoms with van der Waals surface area (Å²) >= 11 is 3.34. The smallest absolute Gasteiger partial charge is 0.319 e. The Labute approximate surface area is 125 Å². The molecule has 0 radical (unpaired) electrons. The van der Waals surface area contributed by atoms with Crippen LogP contribution in [-0.2, 0) is 12.3 Å². The van der Waals surface area contributed by atoms with Crippen LogP contribution >= 0.6 is 23.1 Å². The summed E-state index contributed by atoms with van der Waals surface area (Å²) in [7, 11) is 0. The van der Waals surface area contributed by atoms with Gasteiger partial charge in [-0.3, -0.25) is 0 Å². The molecule has 0 aromatic carbocycles. The summed E-state index contributed by atoms with van der Waals surface area (Å²) in [6, 6.07) is -0.293. The molecule has 0 fully saturated rings. The molecule has 2 aromatic rings. The van der Waals surface area contributed by atoms with Crippen LogP contribution in [0.2, 0.25) is 0 Å². The largest absolute Gasteiger partial charge is 0.359 e. The Kier molecular flexibility index (Phi) is 5.02. The third-order valence-electron chi connectivity index (χ3n) is 2.57. The SMILES string of the molecule is CSCc1nc(CNC(=O)Nc2c(C)noc2C)cs1. The molecule has 6 nitrogen and oxygen atoms in total. The van der Waals surface area contributed by atoms with Crippen molar-refractivity contribution in [1.82, 2.24) is 15.5 Å². The fourth-order valence-electron chi connectivity index (χ4n) is 1.61. The van der Waals surface area contributed by atoms with E-state index in [-0.39, 0.29) is 6.03 Å². The average molecular weight is 312 g/mol. The first-order chi connectivity index (χ1) is 9.60. The number of aryl methyl sites for hydroxylation is 2. The molecule has 2 aromatic heterocycles. The van der Waals surface area contributed by atoms with Crippen molar-refractivity contribution in [3.05, 3.63) is 27.5 Å². The molecule has 0 bridgehead atoms. The first-order valence-corrected chi connectivity index (χ1v) is 8.27. The monoisotopic (exact) mass is 312 g/mol. The normalized spacial score (nSPS) is 10.6. The maximum atomic E-state index is 11.8. The molecule has 0 aliphatic rings. The van der Waals surface area contributed by atoms with Crippen molar-refractivity contribution in [2.45, 2.75) is 26.1 Å². The topological polar surface area (TPSA) is 80.0 Å². The van der Waals surface area contributed by atoms with E-state index in [1.165, 1.54) is 0 Å². The predicted molar refractivity (Wildman–Crippen MR) is 81.2 cm³/mol. The molecule has 0 unspecified atom stereocenters. The number of nitrogens with one attached hydrogen (secondary N) is 2. The molecule has 8 heteroatoms. The van der Waals surface area contributed by atoms with Gasteiger partial charge in [0, 0.05) is 11.1 Å². The number of amides is 2. The Hall–Kier alpha value is -1.54. The first kappa shape index (κ1) is 14.9. The Morgan fingerprint density at radius 3 is 2.95 bits per heavy atom. The van der Waals surface area contributed by atoms with Crippen LogP contribution in [0, 0.1) is 13.8 Å². The number of rotatable bonds is 5. The van der Waals surface area contributed by atoms with Gasteiger partial charge < -0.3 is 15.2 Å². The Bertz CT molecular complexity index is 575. The van der Waals surface area contributed by atoms with E-state index in [2.05, 4.69) is 20.8 Å². The number of aromatic nitrogens is 2. The molecule has 0 aliphatic carbocycles. The average Bonchev–Trinajstić information content (AvgIpc) is 2.99. The van der Waals surface area contributed by atoms with Crippen molar-refractivity contribution in [2.75, 3.05) is 11.6 Å². The van der Waals surface area contributed by atoms with Crippen LogP contribution in [0.5, 0.6) is 0 Å². The number of thiazole rings is 1. The fraction of sp³-hybridized carbons (Fsp3) is 0.417. The maximum Gasteiger partial charge on any atom is 0.319 e. The lowest BCUT2D eigenvalue weighted by atomic mass is 10.3. The van der Waals surface area contributed by atoms with Crippen LogP contribution in [-0.4, -0.2) is 22.4 Å². The van der Waals surface area contributed by atoms with Crippen molar-refractivity contribution in [3.63, 3.8) is 0 Å². The van der Waals surface area contributed by atoms with Crippen molar-refractivity contribution in [3.8, 4) is 0 Å². The Morgan fingerprint density at radius 1 is 1.50 bits per heavy atom. The fourth-order valence-corrected chi connectivity index (χ4v) is 3.13. The highest BCUT2D eigenvalue weighted by Crippen LogP contribution is 2.18. The molecule has 2 rings (SSSR count). The van der Waals surface area contributed by atoms with E-state index >= 15 is 0 Å². The van der Waals surface area contributed by atoms with Gasteiger partial charge in [-0.05, 0) is 20.1 Å². The number of urea groups is 1. The quantitative estimate of drug-likeness (QED) is 0.887. The highest BCUT2D eigenvalue weighted by atomic mass is 32.2. The number of carbonyl (C=O) groups is 1. The number of anilines is 1. The van der Waals surface area contributed by atoms with Crippen molar-refractivity contribution >= 4 is 34.8 Å². The van der Waals surface area contributed by atoms with Gasteiger partial charge in [0.2, 0.25) is 0 Å². The first-order valence-electron chi connectivity index (χ1n) is 6.00. The third-order valence-corrected chi connectivity index (χ3v) is 4.21. The number of nitrogens with zero attached hydrogens (tertiary/aromatic N) is 2. The van der Waals surface area contributed by atoms with Gasteiger partial charge in [-0.15, -0.1) is 11.3 Å². The predicted octanol–water partition coefficient (Wildman–Crippen LogP) is 2.93. The number of hydrogen-bond acceptors (Lipinski definition) is 6. The number of hydrogen-bond donors (Lipinski definition) is 2. The minimum absolute atomic E-state index is 0.293. The van der Waals surface area contributed by atoms with Gasteiger partial charge in [-0.1, -0.05) is 5.16 Å². The van der Waals surface area contributed by atoms with Gasteiger partial charge in [0.05, 0.1) is 12.2 Å². The molecular weight excluding hydrogens is 296 g/mol. The molecule has 20 heavy (non-hydrogen) atoms. The zero-order valence-electron chi connectivity index (χ0n) is 11.5. The van der Waals surface area contributed by atoms with E-state index in [0.29, 0.717) is 23.7 Å². The second-order valence-electron chi connectivity index (χ2n) is 4.17. The molecule has 0 atom stereocenters. The van der Waals surface area contributed by atoms with Crippen molar-refractivity contribution in [2.24, 2.45) is 0 Å². The van der Waals surface area contributed by atoms with Gasteiger partial charge in [0.1, 0.15) is 16.4 Å². The molecular formula is C12H16N4O2S2. The van der Waals surface area contributed by atoms with Crippen LogP contribution < -0.4 is 10.6 Å². The van der Waals surface area contributed by atoms with Crippen LogP contribution in [0.1, 0.15) is 22.2 Å². The second kappa shape index (κ2) is 6.76. The Balaban J connectivity index is 1.85. The summed E-state index contributed by atoms with van der Waals surface area (Å²) in [6.45, 7) is 3.94. The molecule has 108 valence electrons. The highest BCUT2D eigenvalue weighted by Gasteiger charge is 2.12. The molecule has 0 saturated carbocycles. The maximum absolute atomic E-state index is 11.8. The second-order valence-corrected chi connectivity index (χ2v) is 5.98. The zero-order chi connectivity index (χ0) is 14.5. The van der Waals surface area contributed by atoms with Crippen molar-refractivity contribution < 1.29 is 9.32 Å². The van der Waals surface area contributed by atoms with Crippen LogP contribution in [0.3, 0.4) is 0 Å². The van der Waals surface area contributed by atoms with E-state index in [9.17, 15) is 4.79 Å². The van der Waals surface area contributed by atoms with Gasteiger partial charge in [0.15, 0.2) is 5.76 Å². The third kappa shape index (κ3) is 3.73. The summed E-state index contributed by atoms with van der Waals surface area (Å²) in [4.78, 5) is 16.2. The van der Waals surface area contributed by atoms with Crippen LogP contribution in [0.25, 0.3) is 0 Å². The van der Waals surface area contributed by atoms with E-state index < -0.39 is 0 Å². The lowest BCUT2D eigenvalue weighted by Crippen LogP contribution is -2.28. The minimum atomic E-state index is -0.293. The van der Waals surface area contributed by atoms with E-state index in [0.717, 1.165) is 16.5 Å². The summed E-state index contributed by atoms with van der Waals surface area (Å²) in [5.74, 6) is 1.49. The summed E-state index contributed by atoms with van der Waals surface area (Å²) in [5.41, 5.74) is 2.14. The summed E-state index contributed by atoms with van der Waals surface area (Å²) in [5, 5.41) is 12.3. The van der Waals surface area contributed by atoms with Gasteiger partial charge in [-0.2, -0.15) is 11.8 Å². The molecule has 0 aliphatic heterocycles. The lowest BCUT2D eigenvalue weighted by Gasteiger charge is -2.05. The van der Waals surface area contributed by atoms with E-state index in [1.807, 2.05) is 11.6 Å². The zero-order valence-corrected chi connectivity index (χ0v) is 13.2. The summed E-state index contributed by atoms with van der Waals surface area (Å²) < 4.78 is 4.98. The molecule has 2 N–H and O–H groups in total. The molecule has 0 spiro atoms. The van der Waals surface area contributed by atoms with Gasteiger partial charge in [-0.25, -0.2) is 9.78 Å². The van der Waals surface area contributed by atoms with Gasteiger partial charge >= 0.3 is 6.03 Å². The molecule has 2 amide bonds. The molecule has 0 saturated heterocycles. The van der Waals surface area contributed by atoms with Crippen molar-refractivity contribution in [1.29, 1.82) is 0 Å². The Morgan fingerprint density at radius 2 is 2.30 bits per heavy atom. The lowest BCUT2D eigenvalue weighted by molar-refractivity contribution is 0.251. The van der Waals surface area contributed by atoms with E-state index in [4.69, 9.17) is 4.52 Å². The minimum Gasteiger partial charge on any atom is -0.359 e. The van der Waals surface area contributed by atoms with Crippen LogP contribution in [0.4, 0.5) is 10.5 Å². The standard InChI is InChI=1S/C12H16N4O2S2/c1-7-11(8(2)18-16-7)15-12(17)13-4-9-5-20-10(14-9)6-19-3/h5H,4,6H2,1-3H3,(H2,13,15,17). The van der Waals surface area contributed by atoms with Crippen LogP contribution in [0.15, 0.2) is 9.90 Å².